The molecule has 0 bridgehead atoms. The molecule has 5 N–H and O–H groups in total. The number of nitrogens with zero attached hydrogens (tertiary/aromatic N) is 3. The summed E-state index contributed by atoms with van der Waals surface area (Å²) in [5, 5.41) is 13.3. The molecule has 0 radical (unpaired) electrons. The van der Waals surface area contributed by atoms with E-state index in [1.807, 2.05) is 19.1 Å². The number of nitrogens with one attached hydrogen (secondary N) is 5. The topological polar surface area (TPSA) is 219 Å². The van der Waals surface area contributed by atoms with Crippen molar-refractivity contribution in [3.05, 3.63) is 107 Å². The summed E-state index contributed by atoms with van der Waals surface area (Å²) in [4.78, 5) is 63.4. The molecule has 6 aromatic rings. The number of amides is 4. The minimum atomic E-state index is -3.95. The number of piperidine rings is 1. The summed E-state index contributed by atoms with van der Waals surface area (Å²) in [6.45, 7) is 4.97. The summed E-state index contributed by atoms with van der Waals surface area (Å²) in [6.07, 6.45) is 0.656. The van der Waals surface area contributed by atoms with E-state index in [9.17, 15) is 36.4 Å². The predicted molar refractivity (Wildman–Crippen MR) is 269 cm³/mol. The molecule has 3 aliphatic rings. The van der Waals surface area contributed by atoms with Crippen LogP contribution in [0.15, 0.2) is 88.5 Å². The Morgan fingerprint density at radius 2 is 1.68 bits per heavy atom. The highest BCUT2D eigenvalue weighted by molar-refractivity contribution is 7.94. The Kier molecular flexibility index (Phi) is 15.3. The van der Waals surface area contributed by atoms with Crippen molar-refractivity contribution < 1.29 is 55.0 Å². The number of ether oxygens (including phenoxy) is 3. The number of unbranched alkanes of at least 4 members (excludes halogenated alkanes) is 2. The molecule has 3 aromatic carbocycles. The highest BCUT2D eigenvalue weighted by Crippen LogP contribution is 2.52. The molecule has 0 unspecified atom stereocenters. The number of benzene rings is 3. The van der Waals surface area contributed by atoms with Crippen LogP contribution in [0.3, 0.4) is 0 Å². The second kappa shape index (κ2) is 21.8. The highest BCUT2D eigenvalue weighted by Gasteiger charge is 2.53. The summed E-state index contributed by atoms with van der Waals surface area (Å²) in [5.74, 6) is -1.96. The van der Waals surface area contributed by atoms with Crippen molar-refractivity contribution in [2.45, 2.75) is 67.8 Å². The lowest BCUT2D eigenvalue weighted by Crippen LogP contribution is -2.42. The summed E-state index contributed by atoms with van der Waals surface area (Å²) < 4.78 is 84.9. The van der Waals surface area contributed by atoms with E-state index in [1.54, 1.807) is 41.8 Å². The molecule has 4 amide bonds. The van der Waals surface area contributed by atoms with Crippen LogP contribution in [0.2, 0.25) is 0 Å². The van der Waals surface area contributed by atoms with E-state index in [4.69, 9.17) is 9.72 Å². The van der Waals surface area contributed by atoms with Crippen LogP contribution in [-0.4, -0.2) is 99.1 Å². The molecule has 73 heavy (non-hydrogen) atoms. The Bertz CT molecular complexity index is 3150. The number of likely N-dealkylation sites (tertiary alicyclic amines) is 1. The number of pyridine rings is 1. The van der Waals surface area contributed by atoms with Gasteiger partial charge in [0.1, 0.15) is 16.6 Å². The molecule has 1 saturated carbocycles. The Hall–Kier alpha value is -6.66. The van der Waals surface area contributed by atoms with Gasteiger partial charge in [0.15, 0.2) is 22.4 Å². The zero-order valence-corrected chi connectivity index (χ0v) is 41.9. The van der Waals surface area contributed by atoms with Gasteiger partial charge in [-0.25, -0.2) is 22.8 Å². The number of thiophene rings is 1. The van der Waals surface area contributed by atoms with Crippen molar-refractivity contribution in [3.63, 3.8) is 0 Å². The quantitative estimate of drug-likeness (QED) is 0.0433. The first kappa shape index (κ1) is 51.2. The summed E-state index contributed by atoms with van der Waals surface area (Å²) >= 11 is 1.96. The molecule has 9 rings (SSSR count). The van der Waals surface area contributed by atoms with Crippen LogP contribution in [-0.2, 0) is 34.6 Å². The zero-order valence-electron chi connectivity index (χ0n) is 39.4. The lowest BCUT2D eigenvalue weighted by Gasteiger charge is -2.31. The van der Waals surface area contributed by atoms with Crippen molar-refractivity contribution in [3.8, 4) is 22.8 Å². The van der Waals surface area contributed by atoms with Crippen molar-refractivity contribution in [2.75, 3.05) is 61.3 Å². The maximum Gasteiger partial charge on any atom is 0.586 e. The minimum absolute atomic E-state index is 0.0609. The normalized spacial score (nSPS) is 15.9. The number of carbonyl (C=O) groups excluding carboxylic acids is 4. The van der Waals surface area contributed by atoms with Gasteiger partial charge in [0.25, 0.3) is 15.9 Å². The zero-order chi connectivity index (χ0) is 51.3. The van der Waals surface area contributed by atoms with E-state index < -0.39 is 27.6 Å². The fraction of sp³-hybridized carbons (Fsp3) is 0.360. The van der Waals surface area contributed by atoms with Gasteiger partial charge in [0.2, 0.25) is 17.7 Å². The first-order valence-electron chi connectivity index (χ1n) is 23.7. The van der Waals surface area contributed by atoms with E-state index in [2.05, 4.69) is 45.3 Å². The Balaban J connectivity index is 0.629. The fourth-order valence-corrected chi connectivity index (χ4v) is 11.6. The summed E-state index contributed by atoms with van der Waals surface area (Å²) in [5.41, 5.74) is 2.27. The van der Waals surface area contributed by atoms with Crippen molar-refractivity contribution >= 4 is 83.2 Å². The van der Waals surface area contributed by atoms with E-state index in [1.165, 1.54) is 30.3 Å². The Labute approximate surface area is 426 Å². The molecule has 2 aliphatic heterocycles. The van der Waals surface area contributed by atoms with Crippen LogP contribution >= 0.6 is 22.7 Å². The smallest absolute Gasteiger partial charge is 0.395 e. The maximum atomic E-state index is 15.3. The third-order valence-corrected chi connectivity index (χ3v) is 16.5. The largest absolute Gasteiger partial charge is 0.586 e. The number of aryl methyl sites for hydroxylation is 1. The van der Waals surface area contributed by atoms with Gasteiger partial charge in [-0.1, -0.05) is 41.7 Å². The molecule has 0 spiro atoms. The molecule has 1 saturated heterocycles. The third kappa shape index (κ3) is 12.2. The first-order valence-corrected chi connectivity index (χ1v) is 26.8. The van der Waals surface area contributed by atoms with Crippen LogP contribution in [0.4, 0.5) is 29.8 Å². The fourth-order valence-electron chi connectivity index (χ4n) is 8.66. The molecular weight excluding hydrogens is 1010 g/mol. The molecular formula is C50H51F3N8O9S3. The molecule has 1 aliphatic carbocycles. The van der Waals surface area contributed by atoms with Gasteiger partial charge >= 0.3 is 6.29 Å². The molecule has 5 heterocycles. The van der Waals surface area contributed by atoms with Gasteiger partial charge in [0, 0.05) is 43.3 Å². The van der Waals surface area contributed by atoms with E-state index >= 15 is 4.39 Å². The van der Waals surface area contributed by atoms with Gasteiger partial charge in [0.05, 0.1) is 27.0 Å². The van der Waals surface area contributed by atoms with Gasteiger partial charge in [-0.15, -0.1) is 20.1 Å². The standard InChI is InChI=1S/C50H51F3N8O9S3/c1-30-10-15-39(58-47(65)49(18-19-49)34-11-14-37-38(28-34)70-50(52,53)69-37)57-43(30)32-7-5-8-33(27-32)45(63)55-20-3-2-4-25-68-29-40(62)54-21-24-61-22-16-31(17-23-61)46(64)59-48-56-36-13-12-35(42(51)44(36)72-48)60-73(66,67)41-9-6-26-71-41/h5-15,26-28,31,60H,2-4,16-25,29H2,1H3,(H,54,62)(H,55,63)(H,56,59,64)(H,57,58,65). The second-order valence-corrected chi connectivity index (χ2v) is 21.8. The second-order valence-electron chi connectivity index (χ2n) is 18.0. The van der Waals surface area contributed by atoms with E-state index in [0.717, 1.165) is 34.7 Å². The van der Waals surface area contributed by atoms with Gasteiger partial charge < -0.3 is 40.4 Å². The SMILES string of the molecule is Cc1ccc(NC(=O)C2(c3ccc4c(c3)OC(F)(F)O4)CC2)nc1-c1cccc(C(=O)NCCCCCOCC(=O)NCCN2CCC(C(=O)Nc3nc4ccc(NS(=O)(=O)c5cccs5)c(F)c4s3)CC2)c1. The van der Waals surface area contributed by atoms with Crippen molar-refractivity contribution in [1.29, 1.82) is 0 Å². The lowest BCUT2D eigenvalue weighted by atomic mass is 9.94. The Morgan fingerprint density at radius 1 is 0.877 bits per heavy atom. The maximum absolute atomic E-state index is 15.3. The van der Waals surface area contributed by atoms with Crippen LogP contribution in [0.5, 0.6) is 11.5 Å². The minimum Gasteiger partial charge on any atom is -0.395 e. The van der Waals surface area contributed by atoms with E-state index in [0.29, 0.717) is 112 Å². The predicted octanol–water partition coefficient (Wildman–Crippen LogP) is 8.04. The number of carbonyl (C=O) groups is 4. The number of anilines is 3. The number of alkyl halides is 2. The molecule has 17 nitrogen and oxygen atoms in total. The number of thiazole rings is 1. The van der Waals surface area contributed by atoms with Crippen LogP contribution in [0.25, 0.3) is 21.5 Å². The number of rotatable bonds is 21. The van der Waals surface area contributed by atoms with Gasteiger partial charge in [-0.05, 0) is 130 Å². The Morgan fingerprint density at radius 3 is 2.47 bits per heavy atom. The molecule has 3 aromatic heterocycles. The van der Waals surface area contributed by atoms with Gasteiger partial charge in [-0.2, -0.15) is 0 Å². The van der Waals surface area contributed by atoms with Crippen molar-refractivity contribution in [1.82, 2.24) is 25.5 Å². The number of sulfonamides is 1. The number of fused-ring (bicyclic) bond motifs is 2. The average molecular weight is 1060 g/mol. The summed E-state index contributed by atoms with van der Waals surface area (Å²) in [7, 11) is -3.95. The first-order chi connectivity index (χ1) is 35.1. The van der Waals surface area contributed by atoms with Crippen LogP contribution < -0.4 is 35.5 Å². The lowest BCUT2D eigenvalue weighted by molar-refractivity contribution is -0.286. The molecule has 23 heteroatoms. The van der Waals surface area contributed by atoms with Crippen LogP contribution in [0, 0.1) is 18.7 Å². The molecule has 384 valence electrons. The number of aromatic nitrogens is 2. The van der Waals surface area contributed by atoms with Gasteiger partial charge in [-0.3, -0.25) is 23.9 Å². The average Bonchev–Trinajstić information content (AvgIpc) is 3.62. The van der Waals surface area contributed by atoms with E-state index in [-0.39, 0.29) is 67.4 Å². The number of hydrogen-bond acceptors (Lipinski definition) is 14. The third-order valence-electron chi connectivity index (χ3n) is 12.8. The summed E-state index contributed by atoms with van der Waals surface area (Å²) in [6, 6.07) is 20.8. The molecule has 2 fully saturated rings. The number of halogens is 3. The number of hydrogen-bond donors (Lipinski definition) is 5. The monoisotopic (exact) mass is 1060 g/mol. The van der Waals surface area contributed by atoms with Crippen LogP contribution in [0.1, 0.15) is 66.4 Å². The van der Waals surface area contributed by atoms with Crippen molar-refractivity contribution in [2.24, 2.45) is 5.92 Å². The highest BCUT2D eigenvalue weighted by atomic mass is 32.2. The molecule has 0 atom stereocenters.